The lowest BCUT2D eigenvalue weighted by Crippen LogP contribution is -2.01. The monoisotopic (exact) mass is 282 g/mol. The predicted molar refractivity (Wildman–Crippen MR) is 91.1 cm³/mol. The molecule has 0 bridgehead atoms. The van der Waals surface area contributed by atoms with E-state index in [-0.39, 0.29) is 6.10 Å². The van der Waals surface area contributed by atoms with Gasteiger partial charge >= 0.3 is 0 Å². The van der Waals surface area contributed by atoms with E-state index < -0.39 is 0 Å². The molecule has 0 saturated heterocycles. The summed E-state index contributed by atoms with van der Waals surface area (Å²) in [5.74, 6) is 0. The van der Waals surface area contributed by atoms with Gasteiger partial charge in [0.25, 0.3) is 0 Å². The number of aliphatic hydroxyl groups is 1. The van der Waals surface area contributed by atoms with Crippen LogP contribution in [0.25, 0.3) is 0 Å². The largest absolute Gasteiger partial charge is 0.389 e. The molecule has 0 radical (unpaired) electrons. The molecule has 0 aliphatic carbocycles. The third-order valence-electron chi connectivity index (χ3n) is 3.94. The fourth-order valence-electron chi connectivity index (χ4n) is 2.53. The van der Waals surface area contributed by atoms with E-state index in [0.29, 0.717) is 0 Å². The van der Waals surface area contributed by atoms with Crippen LogP contribution >= 0.6 is 0 Å². The highest BCUT2D eigenvalue weighted by molar-refractivity contribution is 4.88. The Kier molecular flexibility index (Phi) is 16.5. The van der Waals surface area contributed by atoms with Crippen molar-refractivity contribution in [1.82, 2.24) is 0 Å². The maximum atomic E-state index is 9.84. The molecule has 0 fully saturated rings. The molecule has 0 saturated carbocycles. The van der Waals surface area contributed by atoms with Gasteiger partial charge in [0.05, 0.1) is 6.10 Å². The molecule has 120 valence electrons. The molecular formula is C19H38O. The summed E-state index contributed by atoms with van der Waals surface area (Å²) in [5.41, 5.74) is 0. The molecule has 20 heavy (non-hydrogen) atoms. The van der Waals surface area contributed by atoms with E-state index in [9.17, 15) is 5.11 Å². The second-order valence-corrected chi connectivity index (χ2v) is 6.11. The normalized spacial score (nSPS) is 13.2. The molecule has 0 rings (SSSR count). The van der Waals surface area contributed by atoms with Crippen molar-refractivity contribution in [3.05, 3.63) is 12.2 Å². The highest BCUT2D eigenvalue weighted by Gasteiger charge is 1.98. The van der Waals surface area contributed by atoms with Crippen molar-refractivity contribution in [1.29, 1.82) is 0 Å². The van der Waals surface area contributed by atoms with E-state index in [4.69, 9.17) is 0 Å². The number of unbranched alkanes of at least 4 members (excludes halogenated alkanes) is 11. The summed E-state index contributed by atoms with van der Waals surface area (Å²) in [5, 5.41) is 9.84. The predicted octanol–water partition coefficient (Wildman–Crippen LogP) is 6.40. The van der Waals surface area contributed by atoms with Gasteiger partial charge in [-0.2, -0.15) is 0 Å². The van der Waals surface area contributed by atoms with Crippen LogP contribution in [0.2, 0.25) is 0 Å². The summed E-state index contributed by atoms with van der Waals surface area (Å²) in [6.45, 7) is 4.50. The SMILES string of the molecule is CCCCCCC=CC(O)CCCCCCCCCC. The van der Waals surface area contributed by atoms with Crippen LogP contribution in [0.4, 0.5) is 0 Å². The third kappa shape index (κ3) is 15.8. The molecule has 1 unspecified atom stereocenters. The third-order valence-corrected chi connectivity index (χ3v) is 3.94. The van der Waals surface area contributed by atoms with Gasteiger partial charge in [0.1, 0.15) is 0 Å². The molecule has 0 aliphatic heterocycles. The van der Waals surface area contributed by atoms with Crippen LogP contribution in [0.5, 0.6) is 0 Å². The van der Waals surface area contributed by atoms with Gasteiger partial charge in [-0.3, -0.25) is 0 Å². The molecule has 0 spiro atoms. The Morgan fingerprint density at radius 2 is 1.20 bits per heavy atom. The van der Waals surface area contributed by atoms with Crippen LogP contribution in [0.15, 0.2) is 12.2 Å². The molecule has 0 aromatic rings. The molecular weight excluding hydrogens is 244 g/mol. The average Bonchev–Trinajstić information content (AvgIpc) is 2.45. The molecule has 0 aromatic heterocycles. The first-order chi connectivity index (χ1) is 9.81. The molecule has 0 aromatic carbocycles. The number of allylic oxidation sites excluding steroid dienone is 1. The minimum absolute atomic E-state index is 0.207. The molecule has 0 aliphatic rings. The Labute approximate surface area is 127 Å². The van der Waals surface area contributed by atoms with Gasteiger partial charge in [-0.1, -0.05) is 96.6 Å². The van der Waals surface area contributed by atoms with Gasteiger partial charge < -0.3 is 5.11 Å². The number of rotatable bonds is 15. The highest BCUT2D eigenvalue weighted by atomic mass is 16.3. The van der Waals surface area contributed by atoms with Crippen LogP contribution in [-0.4, -0.2) is 11.2 Å². The summed E-state index contributed by atoms with van der Waals surface area (Å²) in [4.78, 5) is 0. The number of aliphatic hydroxyl groups excluding tert-OH is 1. The van der Waals surface area contributed by atoms with Crippen molar-refractivity contribution < 1.29 is 5.11 Å². The molecule has 1 N–H and O–H groups in total. The molecule has 1 heteroatoms. The molecule has 1 atom stereocenters. The van der Waals surface area contributed by atoms with E-state index >= 15 is 0 Å². The van der Waals surface area contributed by atoms with Crippen molar-refractivity contribution in [3.8, 4) is 0 Å². The van der Waals surface area contributed by atoms with Crippen molar-refractivity contribution in [2.45, 2.75) is 110 Å². The zero-order valence-electron chi connectivity index (χ0n) is 14.1. The first-order valence-corrected chi connectivity index (χ1v) is 9.16. The van der Waals surface area contributed by atoms with Crippen LogP contribution in [0.3, 0.4) is 0 Å². The summed E-state index contributed by atoms with van der Waals surface area (Å²) < 4.78 is 0. The van der Waals surface area contributed by atoms with Crippen molar-refractivity contribution in [2.75, 3.05) is 0 Å². The van der Waals surface area contributed by atoms with Gasteiger partial charge in [0, 0.05) is 0 Å². The van der Waals surface area contributed by atoms with Crippen LogP contribution in [0, 0.1) is 0 Å². The van der Waals surface area contributed by atoms with E-state index in [2.05, 4.69) is 19.9 Å². The van der Waals surface area contributed by atoms with Gasteiger partial charge in [0.2, 0.25) is 0 Å². The van der Waals surface area contributed by atoms with Gasteiger partial charge in [0.15, 0.2) is 0 Å². The van der Waals surface area contributed by atoms with Crippen LogP contribution < -0.4 is 0 Å². The Morgan fingerprint density at radius 1 is 0.700 bits per heavy atom. The topological polar surface area (TPSA) is 20.2 Å². The maximum absolute atomic E-state index is 9.84. The van der Waals surface area contributed by atoms with Crippen LogP contribution in [-0.2, 0) is 0 Å². The zero-order chi connectivity index (χ0) is 14.9. The first kappa shape index (κ1) is 19.7. The van der Waals surface area contributed by atoms with E-state index in [1.807, 2.05) is 6.08 Å². The quantitative estimate of drug-likeness (QED) is 0.272. The highest BCUT2D eigenvalue weighted by Crippen LogP contribution is 2.11. The van der Waals surface area contributed by atoms with Gasteiger partial charge in [-0.05, 0) is 19.3 Å². The van der Waals surface area contributed by atoms with Gasteiger partial charge in [-0.15, -0.1) is 0 Å². The van der Waals surface area contributed by atoms with E-state index in [1.165, 1.54) is 77.0 Å². The Bertz CT molecular complexity index is 198. The van der Waals surface area contributed by atoms with Crippen molar-refractivity contribution in [3.63, 3.8) is 0 Å². The van der Waals surface area contributed by atoms with Crippen molar-refractivity contribution in [2.24, 2.45) is 0 Å². The summed E-state index contributed by atoms with van der Waals surface area (Å²) >= 11 is 0. The second kappa shape index (κ2) is 16.8. The average molecular weight is 283 g/mol. The maximum Gasteiger partial charge on any atom is 0.0720 e. The minimum Gasteiger partial charge on any atom is -0.389 e. The Balaban J connectivity index is 3.23. The minimum atomic E-state index is -0.207. The second-order valence-electron chi connectivity index (χ2n) is 6.11. The lowest BCUT2D eigenvalue weighted by Gasteiger charge is -2.05. The smallest absolute Gasteiger partial charge is 0.0720 e. The summed E-state index contributed by atoms with van der Waals surface area (Å²) in [6, 6.07) is 0. The first-order valence-electron chi connectivity index (χ1n) is 9.16. The molecule has 0 amide bonds. The lowest BCUT2D eigenvalue weighted by atomic mass is 10.1. The summed E-state index contributed by atoms with van der Waals surface area (Å²) in [6.07, 6.45) is 22.0. The van der Waals surface area contributed by atoms with E-state index in [0.717, 1.165) is 12.8 Å². The van der Waals surface area contributed by atoms with Crippen molar-refractivity contribution >= 4 is 0 Å². The summed E-state index contributed by atoms with van der Waals surface area (Å²) in [7, 11) is 0. The van der Waals surface area contributed by atoms with E-state index in [1.54, 1.807) is 0 Å². The standard InChI is InChI=1S/C19H38O/c1-3-5-7-9-11-12-14-16-18-19(20)17-15-13-10-8-6-4-2/h15,17,19-20H,3-14,16,18H2,1-2H3. The fourth-order valence-corrected chi connectivity index (χ4v) is 2.53. The lowest BCUT2D eigenvalue weighted by molar-refractivity contribution is 0.207. The molecule has 0 heterocycles. The Hall–Kier alpha value is -0.300. The Morgan fingerprint density at radius 3 is 1.80 bits per heavy atom. The zero-order valence-corrected chi connectivity index (χ0v) is 14.1. The number of hydrogen-bond donors (Lipinski definition) is 1. The fraction of sp³-hybridized carbons (Fsp3) is 0.895. The molecule has 1 nitrogen and oxygen atoms in total. The van der Waals surface area contributed by atoms with Crippen LogP contribution in [0.1, 0.15) is 104 Å². The van der Waals surface area contributed by atoms with Gasteiger partial charge in [-0.25, -0.2) is 0 Å². The number of hydrogen-bond acceptors (Lipinski definition) is 1.